The first-order valence-electron chi connectivity index (χ1n) is 11.1. The molecule has 1 N–H and O–H groups in total. The van der Waals surface area contributed by atoms with E-state index in [1.807, 2.05) is 6.92 Å². The third kappa shape index (κ3) is 6.25. The number of carbonyl (C=O) groups excluding carboxylic acids is 2. The predicted molar refractivity (Wildman–Crippen MR) is 133 cm³/mol. The number of halogens is 2. The molecule has 0 aliphatic carbocycles. The van der Waals surface area contributed by atoms with E-state index in [0.29, 0.717) is 5.56 Å². The molecule has 0 heterocycles. The Balaban J connectivity index is 2.01. The van der Waals surface area contributed by atoms with Crippen molar-refractivity contribution < 1.29 is 26.8 Å². The SMILES string of the molecule is CNC(=O)C(C)N(Cc1ccc(F)cc1)C(=O)CN(c1ccc(C)cc1)S(=O)(=O)c1ccc(F)cc1. The van der Waals surface area contributed by atoms with Crippen LogP contribution in [-0.4, -0.2) is 44.8 Å². The maximum atomic E-state index is 13.6. The van der Waals surface area contributed by atoms with Gasteiger partial charge in [0.1, 0.15) is 24.2 Å². The van der Waals surface area contributed by atoms with Crippen LogP contribution in [0.3, 0.4) is 0 Å². The van der Waals surface area contributed by atoms with Gasteiger partial charge in [0.25, 0.3) is 10.0 Å². The van der Waals surface area contributed by atoms with E-state index in [2.05, 4.69) is 5.32 Å². The lowest BCUT2D eigenvalue weighted by atomic mass is 10.1. The molecular weight excluding hydrogens is 488 g/mol. The number of sulfonamides is 1. The summed E-state index contributed by atoms with van der Waals surface area (Å²) in [5.74, 6) is -2.15. The molecule has 0 spiro atoms. The van der Waals surface area contributed by atoms with Gasteiger partial charge in [0.15, 0.2) is 0 Å². The maximum absolute atomic E-state index is 13.6. The third-order valence-corrected chi connectivity index (χ3v) is 7.47. The van der Waals surface area contributed by atoms with Crippen molar-refractivity contribution in [2.45, 2.75) is 31.3 Å². The van der Waals surface area contributed by atoms with Crippen molar-refractivity contribution in [2.24, 2.45) is 0 Å². The molecule has 0 aliphatic heterocycles. The third-order valence-electron chi connectivity index (χ3n) is 5.68. The Kier molecular flexibility index (Phi) is 8.41. The van der Waals surface area contributed by atoms with E-state index in [4.69, 9.17) is 0 Å². The molecule has 10 heteroatoms. The van der Waals surface area contributed by atoms with Gasteiger partial charge in [-0.25, -0.2) is 17.2 Å². The van der Waals surface area contributed by atoms with E-state index in [9.17, 15) is 26.8 Å². The molecule has 3 rings (SSSR count). The van der Waals surface area contributed by atoms with Crippen LogP contribution in [0.4, 0.5) is 14.5 Å². The Morgan fingerprint density at radius 1 is 0.889 bits per heavy atom. The van der Waals surface area contributed by atoms with Crippen LogP contribution in [0.25, 0.3) is 0 Å². The van der Waals surface area contributed by atoms with Crippen molar-refractivity contribution in [3.63, 3.8) is 0 Å². The van der Waals surface area contributed by atoms with Gasteiger partial charge in [-0.1, -0.05) is 29.8 Å². The number of nitrogens with one attached hydrogen (secondary N) is 1. The minimum atomic E-state index is -4.27. The standard InChI is InChI=1S/C26H27F2N3O4S/c1-18-4-12-23(13-5-18)31(36(34,35)24-14-10-22(28)11-15-24)17-25(32)30(19(2)26(33)29-3)16-20-6-8-21(27)9-7-20/h4-15,19H,16-17H2,1-3H3,(H,29,33). The Morgan fingerprint density at radius 3 is 1.94 bits per heavy atom. The highest BCUT2D eigenvalue weighted by molar-refractivity contribution is 7.92. The van der Waals surface area contributed by atoms with Gasteiger partial charge in [0, 0.05) is 13.6 Å². The monoisotopic (exact) mass is 515 g/mol. The summed E-state index contributed by atoms with van der Waals surface area (Å²) in [5, 5.41) is 2.49. The molecule has 1 atom stereocenters. The van der Waals surface area contributed by atoms with Gasteiger partial charge in [0.05, 0.1) is 10.6 Å². The Hall–Kier alpha value is -3.79. The van der Waals surface area contributed by atoms with E-state index < -0.39 is 46.1 Å². The summed E-state index contributed by atoms with van der Waals surface area (Å²) in [6, 6.07) is 15.3. The molecule has 36 heavy (non-hydrogen) atoms. The average molecular weight is 516 g/mol. The molecule has 0 saturated carbocycles. The minimum Gasteiger partial charge on any atom is -0.357 e. The minimum absolute atomic E-state index is 0.0496. The second-order valence-electron chi connectivity index (χ2n) is 8.24. The fraction of sp³-hybridized carbons (Fsp3) is 0.231. The van der Waals surface area contributed by atoms with Gasteiger partial charge >= 0.3 is 0 Å². The van der Waals surface area contributed by atoms with Crippen LogP contribution in [0.1, 0.15) is 18.1 Å². The van der Waals surface area contributed by atoms with Crippen molar-refractivity contribution in [1.82, 2.24) is 10.2 Å². The van der Waals surface area contributed by atoms with Crippen molar-refractivity contribution in [2.75, 3.05) is 17.9 Å². The number of hydrogen-bond acceptors (Lipinski definition) is 4. The van der Waals surface area contributed by atoms with Crippen LogP contribution in [0.2, 0.25) is 0 Å². The van der Waals surface area contributed by atoms with Gasteiger partial charge in [-0.2, -0.15) is 0 Å². The molecule has 0 aromatic heterocycles. The number of aryl methyl sites for hydroxylation is 1. The normalized spacial score (nSPS) is 12.0. The van der Waals surface area contributed by atoms with Gasteiger partial charge in [-0.3, -0.25) is 13.9 Å². The fourth-order valence-corrected chi connectivity index (χ4v) is 4.97. The first kappa shape index (κ1) is 26.8. The van der Waals surface area contributed by atoms with Crippen LogP contribution in [0.15, 0.2) is 77.7 Å². The summed E-state index contributed by atoms with van der Waals surface area (Å²) < 4.78 is 54.9. The van der Waals surface area contributed by atoms with Crippen molar-refractivity contribution >= 4 is 27.5 Å². The zero-order chi connectivity index (χ0) is 26.5. The summed E-state index contributed by atoms with van der Waals surface area (Å²) in [6.45, 7) is 2.69. The van der Waals surface area contributed by atoms with Crippen molar-refractivity contribution in [1.29, 1.82) is 0 Å². The number of rotatable bonds is 9. The lowest BCUT2D eigenvalue weighted by molar-refractivity contribution is -0.139. The smallest absolute Gasteiger partial charge is 0.264 e. The summed E-state index contributed by atoms with van der Waals surface area (Å²) >= 11 is 0. The molecular formula is C26H27F2N3O4S. The quantitative estimate of drug-likeness (QED) is 0.472. The topological polar surface area (TPSA) is 86.8 Å². The molecule has 2 amide bonds. The second-order valence-corrected chi connectivity index (χ2v) is 10.1. The van der Waals surface area contributed by atoms with E-state index in [1.54, 1.807) is 24.3 Å². The average Bonchev–Trinajstić information content (AvgIpc) is 2.86. The summed E-state index contributed by atoms with van der Waals surface area (Å²) in [4.78, 5) is 27.0. The van der Waals surface area contributed by atoms with Gasteiger partial charge < -0.3 is 10.2 Å². The molecule has 0 aliphatic rings. The predicted octanol–water partition coefficient (Wildman–Crippen LogP) is 3.63. The maximum Gasteiger partial charge on any atom is 0.264 e. The van der Waals surface area contributed by atoms with Crippen LogP contribution in [-0.2, 0) is 26.2 Å². The van der Waals surface area contributed by atoms with Crippen molar-refractivity contribution in [3.05, 3.63) is 95.6 Å². The van der Waals surface area contributed by atoms with Gasteiger partial charge in [-0.05, 0) is 67.9 Å². The number of hydrogen-bond donors (Lipinski definition) is 1. The summed E-state index contributed by atoms with van der Waals surface area (Å²) in [6.07, 6.45) is 0. The van der Waals surface area contributed by atoms with Gasteiger partial charge in [-0.15, -0.1) is 0 Å². The van der Waals surface area contributed by atoms with E-state index in [-0.39, 0.29) is 17.1 Å². The zero-order valence-electron chi connectivity index (χ0n) is 20.1. The highest BCUT2D eigenvalue weighted by atomic mass is 32.2. The number of carbonyl (C=O) groups is 2. The Labute approximate surface area is 209 Å². The van der Waals surface area contributed by atoms with E-state index in [1.165, 1.54) is 43.1 Å². The number of anilines is 1. The first-order valence-corrected chi connectivity index (χ1v) is 12.6. The summed E-state index contributed by atoms with van der Waals surface area (Å²) in [5.41, 5.74) is 1.67. The molecule has 3 aromatic carbocycles. The van der Waals surface area contributed by atoms with Crippen LogP contribution >= 0.6 is 0 Å². The highest BCUT2D eigenvalue weighted by Crippen LogP contribution is 2.25. The van der Waals surface area contributed by atoms with Gasteiger partial charge in [0.2, 0.25) is 11.8 Å². The second kappa shape index (κ2) is 11.3. The molecule has 0 bridgehead atoms. The highest BCUT2D eigenvalue weighted by Gasteiger charge is 2.32. The Bertz CT molecular complexity index is 1310. The molecule has 0 radical (unpaired) electrons. The number of nitrogens with zero attached hydrogens (tertiary/aromatic N) is 2. The molecule has 3 aromatic rings. The lowest BCUT2D eigenvalue weighted by Gasteiger charge is -2.31. The van der Waals surface area contributed by atoms with E-state index >= 15 is 0 Å². The van der Waals surface area contributed by atoms with Crippen LogP contribution in [0.5, 0.6) is 0 Å². The first-order chi connectivity index (χ1) is 17.0. The Morgan fingerprint density at radius 2 is 1.42 bits per heavy atom. The number of benzene rings is 3. The molecule has 190 valence electrons. The number of amides is 2. The molecule has 1 unspecified atom stereocenters. The lowest BCUT2D eigenvalue weighted by Crippen LogP contribution is -2.50. The number of likely N-dealkylation sites (N-methyl/N-ethyl adjacent to an activating group) is 1. The molecule has 7 nitrogen and oxygen atoms in total. The van der Waals surface area contributed by atoms with Crippen LogP contribution in [0, 0.1) is 18.6 Å². The zero-order valence-corrected chi connectivity index (χ0v) is 20.9. The fourth-order valence-electron chi connectivity index (χ4n) is 3.55. The van der Waals surface area contributed by atoms with Crippen molar-refractivity contribution in [3.8, 4) is 0 Å². The molecule has 0 saturated heterocycles. The largest absolute Gasteiger partial charge is 0.357 e. The molecule has 0 fully saturated rings. The van der Waals surface area contributed by atoms with E-state index in [0.717, 1.165) is 34.1 Å². The summed E-state index contributed by atoms with van der Waals surface area (Å²) in [7, 11) is -2.85. The van der Waals surface area contributed by atoms with Crippen LogP contribution < -0.4 is 9.62 Å².